The van der Waals surface area contributed by atoms with Gasteiger partial charge in [-0.3, -0.25) is 9.30 Å². The summed E-state index contributed by atoms with van der Waals surface area (Å²) in [6.07, 6.45) is 12.5. The molecular formula is C27H28N10. The van der Waals surface area contributed by atoms with E-state index < -0.39 is 0 Å². The van der Waals surface area contributed by atoms with Crippen molar-refractivity contribution in [2.45, 2.75) is 19.9 Å². The van der Waals surface area contributed by atoms with Crippen molar-refractivity contribution in [2.24, 2.45) is 0 Å². The molecule has 5 aromatic heterocycles. The summed E-state index contributed by atoms with van der Waals surface area (Å²) in [5.74, 6) is 1.49. The van der Waals surface area contributed by atoms with E-state index in [0.717, 1.165) is 65.8 Å². The van der Waals surface area contributed by atoms with Crippen molar-refractivity contribution < 1.29 is 0 Å². The molecule has 0 radical (unpaired) electrons. The Morgan fingerprint density at radius 2 is 1.65 bits per heavy atom. The van der Waals surface area contributed by atoms with Crippen molar-refractivity contribution in [3.63, 3.8) is 0 Å². The van der Waals surface area contributed by atoms with Crippen LogP contribution in [0.5, 0.6) is 0 Å². The molecule has 1 saturated heterocycles. The van der Waals surface area contributed by atoms with Crippen molar-refractivity contribution in [1.29, 1.82) is 0 Å². The van der Waals surface area contributed by atoms with Gasteiger partial charge in [-0.15, -0.1) is 0 Å². The zero-order valence-corrected chi connectivity index (χ0v) is 20.9. The quantitative estimate of drug-likeness (QED) is 0.378. The lowest BCUT2D eigenvalue weighted by atomic mass is 10.1. The smallest absolute Gasteiger partial charge is 0.227 e. The summed E-state index contributed by atoms with van der Waals surface area (Å²) in [5, 5.41) is 3.29. The van der Waals surface area contributed by atoms with Gasteiger partial charge in [0, 0.05) is 68.1 Å². The fourth-order valence-electron chi connectivity index (χ4n) is 4.59. The summed E-state index contributed by atoms with van der Waals surface area (Å²) in [6.45, 7) is 8.59. The number of piperazine rings is 1. The van der Waals surface area contributed by atoms with E-state index in [1.807, 2.05) is 47.3 Å². The number of nitrogens with one attached hydrogen (secondary N) is 1. The molecule has 1 aliphatic rings. The number of aromatic nitrogens is 7. The van der Waals surface area contributed by atoms with Crippen LogP contribution in [0.1, 0.15) is 13.8 Å². The first-order valence-corrected chi connectivity index (χ1v) is 12.4. The average molecular weight is 493 g/mol. The Balaban J connectivity index is 1.20. The maximum absolute atomic E-state index is 4.75. The highest BCUT2D eigenvalue weighted by molar-refractivity contribution is 5.67. The van der Waals surface area contributed by atoms with E-state index in [4.69, 9.17) is 4.98 Å². The molecule has 0 spiro atoms. The summed E-state index contributed by atoms with van der Waals surface area (Å²) in [7, 11) is 0. The molecule has 0 unspecified atom stereocenters. The van der Waals surface area contributed by atoms with Crippen molar-refractivity contribution in [3.8, 4) is 22.5 Å². The molecule has 10 nitrogen and oxygen atoms in total. The largest absolute Gasteiger partial charge is 0.354 e. The van der Waals surface area contributed by atoms with Crippen LogP contribution >= 0.6 is 0 Å². The molecule has 1 fully saturated rings. The first-order valence-electron chi connectivity index (χ1n) is 12.4. The minimum Gasteiger partial charge on any atom is -0.354 e. The Kier molecular flexibility index (Phi) is 6.15. The highest BCUT2D eigenvalue weighted by atomic mass is 15.3. The predicted octanol–water partition coefficient (Wildman–Crippen LogP) is 3.92. The second-order valence-corrected chi connectivity index (χ2v) is 9.33. The second kappa shape index (κ2) is 9.90. The van der Waals surface area contributed by atoms with Crippen LogP contribution in [0.4, 0.5) is 17.5 Å². The van der Waals surface area contributed by atoms with E-state index >= 15 is 0 Å². The number of pyridine rings is 2. The molecule has 0 aliphatic carbocycles. The molecule has 0 amide bonds. The molecule has 0 atom stereocenters. The summed E-state index contributed by atoms with van der Waals surface area (Å²) in [6, 6.07) is 10.5. The van der Waals surface area contributed by atoms with Gasteiger partial charge in [0.1, 0.15) is 17.8 Å². The molecule has 6 heterocycles. The average Bonchev–Trinajstić information content (AvgIpc) is 3.38. The first-order chi connectivity index (χ1) is 18.1. The van der Waals surface area contributed by atoms with Gasteiger partial charge in [0.25, 0.3) is 0 Å². The Morgan fingerprint density at radius 3 is 2.41 bits per heavy atom. The molecule has 186 valence electrons. The molecule has 5 aromatic rings. The van der Waals surface area contributed by atoms with Crippen LogP contribution in [0, 0.1) is 0 Å². The predicted molar refractivity (Wildman–Crippen MR) is 144 cm³/mol. The fraction of sp³-hybridized carbons (Fsp3) is 0.259. The van der Waals surface area contributed by atoms with Gasteiger partial charge in [0.2, 0.25) is 5.95 Å². The third-order valence-electron chi connectivity index (χ3n) is 6.69. The maximum Gasteiger partial charge on any atom is 0.227 e. The molecule has 6 rings (SSSR count). The van der Waals surface area contributed by atoms with E-state index in [2.05, 4.69) is 60.0 Å². The maximum atomic E-state index is 4.75. The molecule has 1 N–H and O–H groups in total. The normalized spacial score (nSPS) is 14.4. The van der Waals surface area contributed by atoms with Gasteiger partial charge in [-0.05, 0) is 44.2 Å². The SMILES string of the molecule is CC(C)N1CCN(c2ccc(Nc3nccc(-c4cnc5ccc(-c6cncnc6)cn45)n3)cn2)CC1. The number of hydrogen-bond donors (Lipinski definition) is 1. The topological polar surface area (TPSA) is 100 Å². The summed E-state index contributed by atoms with van der Waals surface area (Å²) < 4.78 is 2.02. The lowest BCUT2D eigenvalue weighted by Gasteiger charge is -2.37. The van der Waals surface area contributed by atoms with Gasteiger partial charge in [0.05, 0.1) is 29.5 Å². The van der Waals surface area contributed by atoms with E-state index in [9.17, 15) is 0 Å². The number of imidazole rings is 1. The number of fused-ring (bicyclic) bond motifs is 1. The van der Waals surface area contributed by atoms with Crippen molar-refractivity contribution in [1.82, 2.24) is 39.2 Å². The highest BCUT2D eigenvalue weighted by Crippen LogP contribution is 2.25. The van der Waals surface area contributed by atoms with Crippen molar-refractivity contribution in [2.75, 3.05) is 36.4 Å². The minimum atomic E-state index is 0.500. The van der Waals surface area contributed by atoms with Gasteiger partial charge < -0.3 is 10.2 Å². The van der Waals surface area contributed by atoms with Crippen molar-refractivity contribution >= 4 is 23.1 Å². The Labute approximate surface area is 215 Å². The van der Waals surface area contributed by atoms with Crippen molar-refractivity contribution in [3.05, 3.63) is 73.8 Å². The summed E-state index contributed by atoms with van der Waals surface area (Å²) >= 11 is 0. The first kappa shape index (κ1) is 23.0. The highest BCUT2D eigenvalue weighted by Gasteiger charge is 2.19. The molecule has 0 saturated carbocycles. The zero-order valence-electron chi connectivity index (χ0n) is 20.9. The van der Waals surface area contributed by atoms with Gasteiger partial charge >= 0.3 is 0 Å². The van der Waals surface area contributed by atoms with Gasteiger partial charge in [0.15, 0.2) is 0 Å². The van der Waals surface area contributed by atoms with Gasteiger partial charge in [-0.2, -0.15) is 0 Å². The van der Waals surface area contributed by atoms with Gasteiger partial charge in [-0.1, -0.05) is 0 Å². The summed E-state index contributed by atoms with van der Waals surface area (Å²) in [5.41, 5.74) is 5.24. The molecule has 1 aliphatic heterocycles. The van der Waals surface area contributed by atoms with Crippen LogP contribution in [0.15, 0.2) is 73.8 Å². The lowest BCUT2D eigenvalue weighted by molar-refractivity contribution is 0.209. The number of hydrogen-bond acceptors (Lipinski definition) is 9. The van der Waals surface area contributed by atoms with Gasteiger partial charge in [-0.25, -0.2) is 29.9 Å². The third kappa shape index (κ3) is 4.83. The summed E-state index contributed by atoms with van der Waals surface area (Å²) in [4.78, 5) is 31.5. The van der Waals surface area contributed by atoms with Crippen LogP contribution in [-0.2, 0) is 0 Å². The van der Waals surface area contributed by atoms with E-state index in [0.29, 0.717) is 12.0 Å². The molecule has 10 heteroatoms. The van der Waals surface area contributed by atoms with Crippen LogP contribution in [-0.4, -0.2) is 71.4 Å². The number of rotatable bonds is 6. The molecule has 0 aromatic carbocycles. The third-order valence-corrected chi connectivity index (χ3v) is 6.69. The standard InChI is InChI=1S/C27H28N10/c1-19(2)35-9-11-36(12-10-35)25-6-4-22(15-31-25)33-27-30-8-7-23(34-27)24-16-32-26-5-3-20(17-37(24)26)21-13-28-18-29-14-21/h3-8,13-19H,9-12H2,1-2H3,(H,30,33,34). The minimum absolute atomic E-state index is 0.500. The lowest BCUT2D eigenvalue weighted by Crippen LogP contribution is -2.49. The monoisotopic (exact) mass is 492 g/mol. The Morgan fingerprint density at radius 1 is 0.811 bits per heavy atom. The van der Waals surface area contributed by atoms with Crippen LogP contribution in [0.3, 0.4) is 0 Å². The van der Waals surface area contributed by atoms with Crippen LogP contribution in [0.25, 0.3) is 28.2 Å². The van der Waals surface area contributed by atoms with E-state index in [-0.39, 0.29) is 0 Å². The van der Waals surface area contributed by atoms with E-state index in [1.165, 1.54) is 6.33 Å². The van der Waals surface area contributed by atoms with Crippen LogP contribution in [0.2, 0.25) is 0 Å². The molecule has 37 heavy (non-hydrogen) atoms. The zero-order chi connectivity index (χ0) is 25.2. The fourth-order valence-corrected chi connectivity index (χ4v) is 4.59. The van der Waals surface area contributed by atoms with E-state index in [1.54, 1.807) is 18.6 Å². The molecule has 0 bridgehead atoms. The Hall–Kier alpha value is -4.44. The molecular weight excluding hydrogens is 464 g/mol. The number of nitrogens with zero attached hydrogens (tertiary/aromatic N) is 9. The number of anilines is 3. The Bertz CT molecular complexity index is 1490. The van der Waals surface area contributed by atoms with Crippen LogP contribution < -0.4 is 10.2 Å². The second-order valence-electron chi connectivity index (χ2n) is 9.33.